The molecule has 0 aromatic carbocycles. The Labute approximate surface area is 185 Å². The molecule has 0 radical (unpaired) electrons. The van der Waals surface area contributed by atoms with Gasteiger partial charge in [-0.05, 0) is 107 Å². The van der Waals surface area contributed by atoms with Gasteiger partial charge in [-0.25, -0.2) is 0 Å². The van der Waals surface area contributed by atoms with E-state index in [4.69, 9.17) is 19.3 Å². The SMILES string of the molecule is CC1(C)OB(c2ccc3c(n2)-c2ncccc2C32C3CC4CC(C3)CC2C4)OC1(C)C. The largest absolute Gasteiger partial charge is 0.514 e. The van der Waals surface area contributed by atoms with Crippen molar-refractivity contribution in [2.45, 2.75) is 76.4 Å². The van der Waals surface area contributed by atoms with Gasteiger partial charge in [0.2, 0.25) is 0 Å². The van der Waals surface area contributed by atoms with Crippen LogP contribution >= 0.6 is 0 Å². The van der Waals surface area contributed by atoms with Gasteiger partial charge in [-0.3, -0.25) is 9.97 Å². The minimum Gasteiger partial charge on any atom is -0.398 e. The van der Waals surface area contributed by atoms with Crippen LogP contribution in [0.1, 0.15) is 70.9 Å². The van der Waals surface area contributed by atoms with Crippen molar-refractivity contribution in [3.8, 4) is 11.4 Å². The first-order valence-electron chi connectivity index (χ1n) is 12.1. The Balaban J connectivity index is 1.38. The summed E-state index contributed by atoms with van der Waals surface area (Å²) in [5, 5.41) is 0. The zero-order chi connectivity index (χ0) is 21.2. The number of pyridine rings is 2. The standard InChI is InChI=1S/C26H31BN2O2/c1-24(2)25(3,4)31-27(30-24)21-8-7-20-23(29-21)22-19(6-5-9-28-22)26(20)17-11-15-10-16(13-17)14-18(26)12-15/h5-9,15-18H,10-14H2,1-4H3. The van der Waals surface area contributed by atoms with E-state index in [2.05, 4.69) is 52.0 Å². The van der Waals surface area contributed by atoms with Crippen molar-refractivity contribution >= 4 is 12.7 Å². The van der Waals surface area contributed by atoms with Crippen LogP contribution in [-0.4, -0.2) is 28.3 Å². The van der Waals surface area contributed by atoms with Crippen molar-refractivity contribution in [1.82, 2.24) is 9.97 Å². The third-order valence-corrected chi connectivity index (χ3v) is 9.76. The maximum absolute atomic E-state index is 6.32. The topological polar surface area (TPSA) is 44.2 Å². The van der Waals surface area contributed by atoms with Gasteiger partial charge in [0, 0.05) is 11.6 Å². The molecule has 5 heteroatoms. The van der Waals surface area contributed by atoms with Crippen molar-refractivity contribution in [1.29, 1.82) is 0 Å². The van der Waals surface area contributed by atoms with E-state index in [-0.39, 0.29) is 16.6 Å². The first-order chi connectivity index (χ1) is 14.8. The summed E-state index contributed by atoms with van der Waals surface area (Å²) < 4.78 is 12.6. The Hall–Kier alpha value is -1.72. The molecule has 6 aliphatic rings. The molecule has 2 aromatic heterocycles. The summed E-state index contributed by atoms with van der Waals surface area (Å²) in [6.07, 6.45) is 8.90. The number of aromatic nitrogens is 2. The van der Waals surface area contributed by atoms with Gasteiger partial charge in [0.15, 0.2) is 0 Å². The Morgan fingerprint density at radius 3 is 2.06 bits per heavy atom. The second-order valence-electron chi connectivity index (χ2n) is 11.8. The lowest BCUT2D eigenvalue weighted by Gasteiger charge is -2.60. The van der Waals surface area contributed by atoms with Gasteiger partial charge in [0.05, 0.1) is 28.2 Å². The Morgan fingerprint density at radius 1 is 0.806 bits per heavy atom. The molecule has 0 atom stereocenters. The molecule has 3 heterocycles. The number of hydrogen-bond donors (Lipinski definition) is 0. The monoisotopic (exact) mass is 414 g/mol. The van der Waals surface area contributed by atoms with Gasteiger partial charge >= 0.3 is 7.12 Å². The molecule has 0 N–H and O–H groups in total. The van der Waals surface area contributed by atoms with E-state index >= 15 is 0 Å². The van der Waals surface area contributed by atoms with Crippen LogP contribution in [0.15, 0.2) is 30.5 Å². The molecule has 0 unspecified atom stereocenters. The number of nitrogens with zero attached hydrogens (tertiary/aromatic N) is 2. The Morgan fingerprint density at radius 2 is 1.42 bits per heavy atom. The first-order valence-corrected chi connectivity index (χ1v) is 12.1. The minimum absolute atomic E-state index is 0.119. The van der Waals surface area contributed by atoms with Crippen molar-refractivity contribution in [3.05, 3.63) is 41.6 Å². The summed E-state index contributed by atoms with van der Waals surface area (Å²) in [4.78, 5) is 10.1. The van der Waals surface area contributed by atoms with Crippen LogP contribution in [0.25, 0.3) is 11.4 Å². The van der Waals surface area contributed by atoms with E-state index in [0.29, 0.717) is 0 Å². The lowest BCUT2D eigenvalue weighted by Crippen LogP contribution is -2.55. The van der Waals surface area contributed by atoms with Crippen LogP contribution in [0.4, 0.5) is 0 Å². The summed E-state index contributed by atoms with van der Waals surface area (Å²) in [7, 11) is -0.433. The second kappa shape index (κ2) is 5.79. The highest BCUT2D eigenvalue weighted by Crippen LogP contribution is 2.68. The molecule has 2 aromatic rings. The molecule has 0 amide bonds. The summed E-state index contributed by atoms with van der Waals surface area (Å²) in [5.74, 6) is 3.35. The second-order valence-corrected chi connectivity index (χ2v) is 11.8. The number of rotatable bonds is 1. The summed E-state index contributed by atoms with van der Waals surface area (Å²) in [5.41, 5.74) is 5.31. The summed E-state index contributed by atoms with van der Waals surface area (Å²) in [6, 6.07) is 9.00. The van der Waals surface area contributed by atoms with E-state index in [1.54, 1.807) is 0 Å². The van der Waals surface area contributed by atoms with Crippen LogP contribution in [0.5, 0.6) is 0 Å². The molecular formula is C26H31BN2O2. The van der Waals surface area contributed by atoms with Crippen molar-refractivity contribution in [2.75, 3.05) is 0 Å². The van der Waals surface area contributed by atoms with Gasteiger partial charge in [0.25, 0.3) is 0 Å². The van der Waals surface area contributed by atoms with Crippen LogP contribution in [-0.2, 0) is 14.7 Å². The highest BCUT2D eigenvalue weighted by molar-refractivity contribution is 6.61. The lowest BCUT2D eigenvalue weighted by atomic mass is 9.43. The molecule has 5 fully saturated rings. The minimum atomic E-state index is -0.433. The first kappa shape index (κ1) is 18.8. The predicted octanol–water partition coefficient (Wildman–Crippen LogP) is 4.50. The Kier molecular flexibility index (Phi) is 3.52. The number of hydrogen-bond acceptors (Lipinski definition) is 4. The van der Waals surface area contributed by atoms with Crippen LogP contribution in [0, 0.1) is 23.7 Å². The zero-order valence-electron chi connectivity index (χ0n) is 19.0. The van der Waals surface area contributed by atoms with Crippen LogP contribution in [0.2, 0.25) is 0 Å². The molecule has 1 aliphatic heterocycles. The van der Waals surface area contributed by atoms with E-state index < -0.39 is 7.12 Å². The third kappa shape index (κ3) is 2.25. The van der Waals surface area contributed by atoms with E-state index in [1.807, 2.05) is 6.20 Å². The fourth-order valence-corrected chi connectivity index (χ4v) is 7.96. The third-order valence-electron chi connectivity index (χ3n) is 9.76. The van der Waals surface area contributed by atoms with Crippen molar-refractivity contribution in [2.24, 2.45) is 23.7 Å². The van der Waals surface area contributed by atoms with Crippen molar-refractivity contribution < 1.29 is 9.31 Å². The normalized spacial score (nSPS) is 38.0. The summed E-state index contributed by atoms with van der Waals surface area (Å²) in [6.45, 7) is 8.39. The van der Waals surface area contributed by atoms with Gasteiger partial charge in [-0.15, -0.1) is 0 Å². The fraction of sp³-hybridized carbons (Fsp3) is 0.615. The average molecular weight is 414 g/mol. The molecule has 1 saturated heterocycles. The smallest absolute Gasteiger partial charge is 0.398 e. The molecule has 31 heavy (non-hydrogen) atoms. The molecule has 4 saturated carbocycles. The maximum Gasteiger partial charge on any atom is 0.514 e. The zero-order valence-corrected chi connectivity index (χ0v) is 19.0. The van der Waals surface area contributed by atoms with E-state index in [0.717, 1.165) is 40.7 Å². The highest BCUT2D eigenvalue weighted by atomic mass is 16.7. The number of fused-ring (bicyclic) bond motifs is 3. The molecule has 160 valence electrons. The molecule has 8 rings (SSSR count). The molecule has 5 aliphatic carbocycles. The summed E-state index contributed by atoms with van der Waals surface area (Å²) >= 11 is 0. The quantitative estimate of drug-likeness (QED) is 0.645. The lowest BCUT2D eigenvalue weighted by molar-refractivity contribution is -0.0400. The molecule has 1 spiro atoms. The highest BCUT2D eigenvalue weighted by Gasteiger charge is 2.62. The fourth-order valence-electron chi connectivity index (χ4n) is 7.96. The predicted molar refractivity (Wildman–Crippen MR) is 121 cm³/mol. The van der Waals surface area contributed by atoms with Crippen molar-refractivity contribution in [3.63, 3.8) is 0 Å². The maximum atomic E-state index is 6.32. The molecule has 4 nitrogen and oxygen atoms in total. The van der Waals surface area contributed by atoms with Crippen LogP contribution < -0.4 is 5.59 Å². The average Bonchev–Trinajstić information content (AvgIpc) is 3.13. The van der Waals surface area contributed by atoms with Gasteiger partial charge in [0.1, 0.15) is 0 Å². The van der Waals surface area contributed by atoms with Crippen LogP contribution in [0.3, 0.4) is 0 Å². The van der Waals surface area contributed by atoms with E-state index in [9.17, 15) is 0 Å². The van der Waals surface area contributed by atoms with E-state index in [1.165, 1.54) is 43.2 Å². The van der Waals surface area contributed by atoms with Gasteiger partial charge in [-0.2, -0.15) is 0 Å². The molecular weight excluding hydrogens is 383 g/mol. The van der Waals surface area contributed by atoms with Gasteiger partial charge < -0.3 is 9.31 Å². The van der Waals surface area contributed by atoms with Gasteiger partial charge in [-0.1, -0.05) is 12.1 Å². The Bertz CT molecular complexity index is 1050. The molecule has 4 bridgehead atoms.